The van der Waals surface area contributed by atoms with Gasteiger partial charge < -0.3 is 30.5 Å². The zero-order valence-electron chi connectivity index (χ0n) is 20.9. The molecular weight excluding hydrogens is 426 g/mol. The molecule has 3 amide bonds. The highest BCUT2D eigenvalue weighted by Gasteiger charge is 2.43. The summed E-state index contributed by atoms with van der Waals surface area (Å²) in [6, 6.07) is 3.51. The van der Waals surface area contributed by atoms with Gasteiger partial charge in [0.15, 0.2) is 0 Å². The normalized spacial score (nSPS) is 13.8. The van der Waals surface area contributed by atoms with Gasteiger partial charge in [-0.25, -0.2) is 4.79 Å². The van der Waals surface area contributed by atoms with Gasteiger partial charge in [0, 0.05) is 17.1 Å². The number of nitrogens with zero attached hydrogens (tertiary/aromatic N) is 1. The largest absolute Gasteiger partial charge is 0.508 e. The number of carbonyl (C=O) groups excluding carboxylic acids is 3. The Kier molecular flexibility index (Phi) is 9.71. The first kappa shape index (κ1) is 28.2. The third-order valence-corrected chi connectivity index (χ3v) is 5.10. The van der Waals surface area contributed by atoms with E-state index in [0.29, 0.717) is 6.42 Å². The molecule has 9 nitrogen and oxygen atoms in total. The number of alkyl carbamates (subject to hydrolysis) is 1. The SMILES string of the molecule is CCC(C)(C)N(C(=O)C(CO)NC(=O)OC(C)(C)C)C(C(=O)NC(C)C)c1ccccc1O. The van der Waals surface area contributed by atoms with Gasteiger partial charge in [0.2, 0.25) is 11.8 Å². The van der Waals surface area contributed by atoms with Crippen LogP contribution in [0, 0.1) is 0 Å². The fraction of sp³-hybridized carbons (Fsp3) is 0.625. The zero-order valence-corrected chi connectivity index (χ0v) is 20.9. The molecule has 1 aromatic rings. The number of carbonyl (C=O) groups is 3. The van der Waals surface area contributed by atoms with E-state index in [1.54, 1.807) is 66.7 Å². The molecule has 0 heterocycles. The summed E-state index contributed by atoms with van der Waals surface area (Å²) in [5.74, 6) is -1.32. The topological polar surface area (TPSA) is 128 Å². The molecule has 4 N–H and O–H groups in total. The number of amides is 3. The van der Waals surface area contributed by atoms with Crippen LogP contribution in [-0.2, 0) is 14.3 Å². The van der Waals surface area contributed by atoms with Crippen molar-refractivity contribution >= 4 is 17.9 Å². The minimum Gasteiger partial charge on any atom is -0.508 e. The molecule has 1 rings (SSSR count). The molecule has 0 radical (unpaired) electrons. The van der Waals surface area contributed by atoms with Crippen LogP contribution in [0.5, 0.6) is 5.75 Å². The predicted molar refractivity (Wildman–Crippen MR) is 126 cm³/mol. The van der Waals surface area contributed by atoms with Crippen molar-refractivity contribution in [1.82, 2.24) is 15.5 Å². The van der Waals surface area contributed by atoms with Gasteiger partial charge >= 0.3 is 6.09 Å². The van der Waals surface area contributed by atoms with Crippen LogP contribution in [0.1, 0.15) is 73.4 Å². The van der Waals surface area contributed by atoms with Gasteiger partial charge in [-0.3, -0.25) is 9.59 Å². The van der Waals surface area contributed by atoms with Crippen LogP contribution in [0.15, 0.2) is 24.3 Å². The Morgan fingerprint density at radius 1 is 1.06 bits per heavy atom. The Morgan fingerprint density at radius 3 is 2.09 bits per heavy atom. The second kappa shape index (κ2) is 11.4. The number of aliphatic hydroxyl groups excluding tert-OH is 1. The van der Waals surface area contributed by atoms with Gasteiger partial charge in [0.25, 0.3) is 0 Å². The maximum absolute atomic E-state index is 13.7. The summed E-state index contributed by atoms with van der Waals surface area (Å²) < 4.78 is 5.23. The average molecular weight is 466 g/mol. The first-order valence-corrected chi connectivity index (χ1v) is 11.2. The molecule has 0 aromatic heterocycles. The van der Waals surface area contributed by atoms with E-state index in [2.05, 4.69) is 10.6 Å². The maximum Gasteiger partial charge on any atom is 0.408 e. The van der Waals surface area contributed by atoms with Crippen molar-refractivity contribution in [3.63, 3.8) is 0 Å². The van der Waals surface area contributed by atoms with E-state index in [0.717, 1.165) is 0 Å². The fourth-order valence-corrected chi connectivity index (χ4v) is 3.23. The molecule has 1 aromatic carbocycles. The lowest BCUT2D eigenvalue weighted by Crippen LogP contribution is -2.60. The number of nitrogens with one attached hydrogen (secondary N) is 2. The number of para-hydroxylation sites is 1. The number of benzene rings is 1. The first-order valence-electron chi connectivity index (χ1n) is 11.2. The lowest BCUT2D eigenvalue weighted by molar-refractivity contribution is -0.150. The quantitative estimate of drug-likeness (QED) is 0.444. The minimum absolute atomic E-state index is 0.147. The third kappa shape index (κ3) is 7.92. The average Bonchev–Trinajstić information content (AvgIpc) is 2.68. The van der Waals surface area contributed by atoms with Crippen LogP contribution in [0.25, 0.3) is 0 Å². The fourth-order valence-electron chi connectivity index (χ4n) is 3.23. The van der Waals surface area contributed by atoms with Crippen LogP contribution in [0.3, 0.4) is 0 Å². The number of phenolic OH excluding ortho intramolecular Hbond substituents is 1. The van der Waals surface area contributed by atoms with Gasteiger partial charge in [-0.05, 0) is 61.0 Å². The second-order valence-electron chi connectivity index (χ2n) is 9.88. The predicted octanol–water partition coefficient (Wildman–Crippen LogP) is 2.86. The molecule has 2 unspecified atom stereocenters. The van der Waals surface area contributed by atoms with Crippen molar-refractivity contribution in [1.29, 1.82) is 0 Å². The van der Waals surface area contributed by atoms with Crippen LogP contribution in [-0.4, -0.2) is 62.9 Å². The summed E-state index contributed by atoms with van der Waals surface area (Å²) in [4.78, 5) is 40.7. The lowest BCUT2D eigenvalue weighted by atomic mass is 9.91. The molecule has 0 spiro atoms. The van der Waals surface area contributed by atoms with Gasteiger partial charge in [-0.15, -0.1) is 0 Å². The summed E-state index contributed by atoms with van der Waals surface area (Å²) in [6.07, 6.45) is -0.405. The molecule has 0 aliphatic rings. The summed E-state index contributed by atoms with van der Waals surface area (Å²) >= 11 is 0. The molecule has 0 aliphatic carbocycles. The monoisotopic (exact) mass is 465 g/mol. The van der Waals surface area contributed by atoms with Crippen molar-refractivity contribution in [3.05, 3.63) is 29.8 Å². The molecule has 0 fully saturated rings. The van der Waals surface area contributed by atoms with Crippen molar-refractivity contribution < 1.29 is 29.3 Å². The highest BCUT2D eigenvalue weighted by molar-refractivity contribution is 5.93. The summed E-state index contributed by atoms with van der Waals surface area (Å²) in [5.41, 5.74) is -1.44. The highest BCUT2D eigenvalue weighted by Crippen LogP contribution is 2.35. The van der Waals surface area contributed by atoms with Crippen LogP contribution >= 0.6 is 0 Å². The molecule has 2 atom stereocenters. The van der Waals surface area contributed by atoms with E-state index in [9.17, 15) is 24.6 Å². The van der Waals surface area contributed by atoms with Crippen molar-refractivity contribution in [2.24, 2.45) is 0 Å². The summed E-state index contributed by atoms with van der Waals surface area (Å²) in [7, 11) is 0. The van der Waals surface area contributed by atoms with E-state index in [-0.39, 0.29) is 17.4 Å². The summed E-state index contributed by atoms with van der Waals surface area (Å²) in [6.45, 7) is 13.3. The van der Waals surface area contributed by atoms with Crippen molar-refractivity contribution in [3.8, 4) is 5.75 Å². The first-order chi connectivity index (χ1) is 15.1. The number of phenols is 1. The van der Waals surface area contributed by atoms with Gasteiger partial charge in [-0.1, -0.05) is 25.1 Å². The standard InChI is InChI=1S/C24H39N3O6/c1-9-24(7,8)27(21(31)17(14-28)26-22(32)33-23(4,5)6)19(20(30)25-15(2)3)16-12-10-11-13-18(16)29/h10-13,15,17,19,28-29H,9,14H2,1-8H3,(H,25,30)(H,26,32). The minimum atomic E-state index is -1.36. The Hall–Kier alpha value is -2.81. The van der Waals surface area contributed by atoms with Crippen LogP contribution in [0.2, 0.25) is 0 Å². The van der Waals surface area contributed by atoms with Crippen LogP contribution < -0.4 is 10.6 Å². The Labute approximate surface area is 196 Å². The molecule has 0 saturated carbocycles. The number of hydrogen-bond acceptors (Lipinski definition) is 6. The van der Waals surface area contributed by atoms with Crippen molar-refractivity contribution in [2.75, 3.05) is 6.61 Å². The molecule has 9 heteroatoms. The maximum atomic E-state index is 13.7. The summed E-state index contributed by atoms with van der Waals surface area (Å²) in [5, 5.41) is 25.7. The number of aromatic hydroxyl groups is 1. The van der Waals surface area contributed by atoms with Gasteiger partial charge in [-0.2, -0.15) is 0 Å². The zero-order chi connectivity index (χ0) is 25.6. The molecule has 186 valence electrons. The third-order valence-electron chi connectivity index (χ3n) is 5.10. The van der Waals surface area contributed by atoms with E-state index in [4.69, 9.17) is 4.74 Å². The van der Waals surface area contributed by atoms with Gasteiger partial charge in [0.05, 0.1) is 6.61 Å². The van der Waals surface area contributed by atoms with E-state index >= 15 is 0 Å². The molecule has 0 bridgehead atoms. The number of aliphatic hydroxyl groups is 1. The molecule has 0 aliphatic heterocycles. The number of hydrogen-bond donors (Lipinski definition) is 4. The Bertz CT molecular complexity index is 832. The Morgan fingerprint density at radius 2 is 1.64 bits per heavy atom. The molecule has 33 heavy (non-hydrogen) atoms. The smallest absolute Gasteiger partial charge is 0.408 e. The van der Waals surface area contributed by atoms with Crippen LogP contribution in [0.4, 0.5) is 4.79 Å². The molecular formula is C24H39N3O6. The molecule has 0 saturated heterocycles. The van der Waals surface area contributed by atoms with E-state index in [1.165, 1.54) is 11.0 Å². The lowest BCUT2D eigenvalue weighted by Gasteiger charge is -2.44. The Balaban J connectivity index is 3.55. The van der Waals surface area contributed by atoms with E-state index < -0.39 is 47.7 Å². The number of rotatable bonds is 9. The van der Waals surface area contributed by atoms with Crippen molar-refractivity contribution in [2.45, 2.75) is 91.1 Å². The number of ether oxygens (including phenoxy) is 1. The highest BCUT2D eigenvalue weighted by atomic mass is 16.6. The second-order valence-corrected chi connectivity index (χ2v) is 9.88. The van der Waals surface area contributed by atoms with E-state index in [1.807, 2.05) is 6.92 Å². The van der Waals surface area contributed by atoms with Gasteiger partial charge in [0.1, 0.15) is 23.4 Å².